The molecule has 2 rings (SSSR count). The van der Waals surface area contributed by atoms with E-state index in [2.05, 4.69) is 41.8 Å². The molecule has 0 saturated heterocycles. The molecule has 0 aliphatic heterocycles. The minimum atomic E-state index is 0.486. The Bertz CT molecular complexity index is 556. The molecule has 0 spiro atoms. The summed E-state index contributed by atoms with van der Waals surface area (Å²) in [5.41, 5.74) is 0. The third-order valence-electron chi connectivity index (χ3n) is 2.14. The third-order valence-corrected chi connectivity index (χ3v) is 3.16. The lowest BCUT2D eigenvalue weighted by molar-refractivity contribution is 0.411. The van der Waals surface area contributed by atoms with Crippen molar-refractivity contribution < 1.29 is 9.47 Å². The Hall–Kier alpha value is -1.14. The van der Waals surface area contributed by atoms with Crippen LogP contribution in [0.25, 0.3) is 0 Å². The molecule has 4 nitrogen and oxygen atoms in total. The van der Waals surface area contributed by atoms with Gasteiger partial charge in [0.1, 0.15) is 21.9 Å². The van der Waals surface area contributed by atoms with Gasteiger partial charge in [-0.2, -0.15) is 4.98 Å². The topological polar surface area (TPSA) is 44.2 Å². The summed E-state index contributed by atoms with van der Waals surface area (Å²) in [6.45, 7) is 1.81. The summed E-state index contributed by atoms with van der Waals surface area (Å²) in [4.78, 5) is 8.32. The van der Waals surface area contributed by atoms with Crippen LogP contribution in [0.3, 0.4) is 0 Å². The van der Waals surface area contributed by atoms with Gasteiger partial charge in [0.2, 0.25) is 5.88 Å². The highest BCUT2D eigenvalue weighted by atomic mass is 79.9. The van der Waals surface area contributed by atoms with Gasteiger partial charge in [0.15, 0.2) is 0 Å². The summed E-state index contributed by atoms with van der Waals surface area (Å²) >= 11 is 6.73. The Balaban J connectivity index is 2.28. The maximum Gasteiger partial charge on any atom is 0.223 e. The van der Waals surface area contributed by atoms with Gasteiger partial charge in [0, 0.05) is 6.07 Å². The van der Waals surface area contributed by atoms with E-state index in [1.165, 1.54) is 0 Å². The summed E-state index contributed by atoms with van der Waals surface area (Å²) in [7, 11) is 1.62. The van der Waals surface area contributed by atoms with Crippen LogP contribution in [0.2, 0.25) is 0 Å². The van der Waals surface area contributed by atoms with E-state index in [4.69, 9.17) is 9.47 Å². The molecule has 0 aliphatic carbocycles. The first-order chi connectivity index (χ1) is 8.58. The second-order valence-corrected chi connectivity index (χ2v) is 5.14. The van der Waals surface area contributed by atoms with Crippen LogP contribution in [0.5, 0.6) is 17.4 Å². The molecule has 0 N–H and O–H groups in total. The fourth-order valence-corrected chi connectivity index (χ4v) is 2.25. The largest absolute Gasteiger partial charge is 0.497 e. The maximum absolute atomic E-state index is 5.69. The summed E-state index contributed by atoms with van der Waals surface area (Å²) in [6.07, 6.45) is 0. The third kappa shape index (κ3) is 3.20. The molecule has 1 aromatic heterocycles. The van der Waals surface area contributed by atoms with E-state index < -0.39 is 0 Å². The highest BCUT2D eigenvalue weighted by Crippen LogP contribution is 2.32. The van der Waals surface area contributed by atoms with Gasteiger partial charge in [0.25, 0.3) is 0 Å². The van der Waals surface area contributed by atoms with Crippen LogP contribution in [-0.2, 0) is 0 Å². The summed E-state index contributed by atoms with van der Waals surface area (Å²) in [5, 5.41) is 0. The zero-order valence-corrected chi connectivity index (χ0v) is 12.9. The number of ether oxygens (including phenoxy) is 2. The van der Waals surface area contributed by atoms with Gasteiger partial charge < -0.3 is 9.47 Å². The molecule has 2 aromatic rings. The van der Waals surface area contributed by atoms with E-state index in [1.54, 1.807) is 20.1 Å². The summed E-state index contributed by atoms with van der Waals surface area (Å²) in [5.74, 6) is 2.55. The molecule has 0 bridgehead atoms. The van der Waals surface area contributed by atoms with Gasteiger partial charge in [-0.15, -0.1) is 0 Å². The van der Waals surface area contributed by atoms with Crippen molar-refractivity contribution in [1.82, 2.24) is 9.97 Å². The fraction of sp³-hybridized carbons (Fsp3) is 0.167. The lowest BCUT2D eigenvalue weighted by Gasteiger charge is -2.08. The van der Waals surface area contributed by atoms with Gasteiger partial charge in [-0.1, -0.05) is 0 Å². The first-order valence-electron chi connectivity index (χ1n) is 5.11. The van der Waals surface area contributed by atoms with Crippen LogP contribution in [-0.4, -0.2) is 17.1 Å². The lowest BCUT2D eigenvalue weighted by Crippen LogP contribution is -1.94. The molecule has 0 unspecified atom stereocenters. The van der Waals surface area contributed by atoms with Gasteiger partial charge in [0.05, 0.1) is 11.6 Å². The number of rotatable bonds is 3. The van der Waals surface area contributed by atoms with E-state index in [0.717, 1.165) is 10.2 Å². The molecule has 94 valence electrons. The van der Waals surface area contributed by atoms with E-state index in [-0.39, 0.29) is 0 Å². The standard InChI is InChI=1S/C12H10Br2N2O2/c1-7-15-11(14)6-12(16-7)18-10-4-3-8(17-2)5-9(10)13/h3-6H,1-2H3. The monoisotopic (exact) mass is 372 g/mol. The van der Waals surface area contributed by atoms with Crippen LogP contribution < -0.4 is 9.47 Å². The van der Waals surface area contributed by atoms with Crippen molar-refractivity contribution in [3.8, 4) is 17.4 Å². The van der Waals surface area contributed by atoms with Gasteiger partial charge in [-0.05, 0) is 57.0 Å². The van der Waals surface area contributed by atoms with Crippen LogP contribution in [0.15, 0.2) is 33.3 Å². The van der Waals surface area contributed by atoms with Gasteiger partial charge in [-0.25, -0.2) is 4.98 Å². The van der Waals surface area contributed by atoms with Crippen LogP contribution in [0.1, 0.15) is 5.82 Å². The Morgan fingerprint density at radius 2 is 1.89 bits per heavy atom. The predicted molar refractivity (Wildman–Crippen MR) is 75.2 cm³/mol. The van der Waals surface area contributed by atoms with Crippen molar-refractivity contribution in [3.63, 3.8) is 0 Å². The molecule has 0 amide bonds. The minimum absolute atomic E-state index is 0.486. The highest BCUT2D eigenvalue weighted by molar-refractivity contribution is 9.10. The van der Waals surface area contributed by atoms with Crippen molar-refractivity contribution in [1.29, 1.82) is 0 Å². The number of hydrogen-bond acceptors (Lipinski definition) is 4. The lowest BCUT2D eigenvalue weighted by atomic mass is 10.3. The normalized spacial score (nSPS) is 10.2. The number of benzene rings is 1. The second-order valence-electron chi connectivity index (χ2n) is 3.47. The molecule has 0 saturated carbocycles. The summed E-state index contributed by atoms with van der Waals surface area (Å²) < 4.78 is 12.3. The average molecular weight is 374 g/mol. The van der Waals surface area contributed by atoms with Gasteiger partial charge in [-0.3, -0.25) is 0 Å². The van der Waals surface area contributed by atoms with Gasteiger partial charge >= 0.3 is 0 Å². The molecule has 0 radical (unpaired) electrons. The number of aryl methyl sites for hydroxylation is 1. The Labute approximate surface area is 122 Å². The summed E-state index contributed by atoms with van der Waals surface area (Å²) in [6, 6.07) is 7.18. The van der Waals surface area contributed by atoms with E-state index >= 15 is 0 Å². The molecule has 1 heterocycles. The van der Waals surface area contributed by atoms with Crippen LogP contribution in [0, 0.1) is 6.92 Å². The van der Waals surface area contributed by atoms with Crippen molar-refractivity contribution in [3.05, 3.63) is 39.2 Å². The van der Waals surface area contributed by atoms with Crippen LogP contribution >= 0.6 is 31.9 Å². The molecular formula is C12H10Br2N2O2. The van der Waals surface area contributed by atoms with E-state index in [9.17, 15) is 0 Å². The first-order valence-corrected chi connectivity index (χ1v) is 6.69. The average Bonchev–Trinajstić information content (AvgIpc) is 2.30. The second kappa shape index (κ2) is 5.67. The highest BCUT2D eigenvalue weighted by Gasteiger charge is 2.07. The zero-order chi connectivity index (χ0) is 13.1. The van der Waals surface area contributed by atoms with Crippen molar-refractivity contribution in [2.45, 2.75) is 6.92 Å². The smallest absolute Gasteiger partial charge is 0.223 e. The molecule has 0 aliphatic rings. The maximum atomic E-state index is 5.69. The Morgan fingerprint density at radius 1 is 1.11 bits per heavy atom. The Morgan fingerprint density at radius 3 is 2.50 bits per heavy atom. The molecule has 0 atom stereocenters. The number of nitrogens with zero attached hydrogens (tertiary/aromatic N) is 2. The van der Waals surface area contributed by atoms with Crippen molar-refractivity contribution in [2.24, 2.45) is 0 Å². The number of halogens is 2. The van der Waals surface area contributed by atoms with Crippen molar-refractivity contribution in [2.75, 3.05) is 7.11 Å². The zero-order valence-electron chi connectivity index (χ0n) is 9.78. The molecule has 0 fully saturated rings. The molecule has 6 heteroatoms. The van der Waals surface area contributed by atoms with Crippen LogP contribution in [0.4, 0.5) is 0 Å². The fourth-order valence-electron chi connectivity index (χ4n) is 1.36. The van der Waals surface area contributed by atoms with Crippen molar-refractivity contribution >= 4 is 31.9 Å². The minimum Gasteiger partial charge on any atom is -0.497 e. The first kappa shape index (κ1) is 13.3. The molecule has 1 aromatic carbocycles. The number of hydrogen-bond donors (Lipinski definition) is 0. The molecular weight excluding hydrogens is 364 g/mol. The SMILES string of the molecule is COc1ccc(Oc2cc(Br)nc(C)n2)c(Br)c1. The number of aromatic nitrogens is 2. The van der Waals surface area contributed by atoms with E-state index in [0.29, 0.717) is 22.1 Å². The number of methoxy groups -OCH3 is 1. The predicted octanol–water partition coefficient (Wildman–Crippen LogP) is 4.11. The Kier molecular flexibility index (Phi) is 4.19. The van der Waals surface area contributed by atoms with E-state index in [1.807, 2.05) is 18.2 Å². The quantitative estimate of drug-likeness (QED) is 0.759. The molecule has 18 heavy (non-hydrogen) atoms.